The zero-order chi connectivity index (χ0) is 23.5. The minimum absolute atomic E-state index is 0.167. The van der Waals surface area contributed by atoms with E-state index in [1.165, 1.54) is 4.90 Å². The van der Waals surface area contributed by atoms with Gasteiger partial charge in [0.25, 0.3) is 5.91 Å². The maximum atomic E-state index is 13.2. The van der Waals surface area contributed by atoms with Gasteiger partial charge in [0.15, 0.2) is 6.61 Å². The van der Waals surface area contributed by atoms with E-state index >= 15 is 0 Å². The summed E-state index contributed by atoms with van der Waals surface area (Å²) in [5, 5.41) is 3.87. The van der Waals surface area contributed by atoms with Gasteiger partial charge < -0.3 is 19.7 Å². The van der Waals surface area contributed by atoms with Crippen LogP contribution in [0.4, 0.5) is 0 Å². The van der Waals surface area contributed by atoms with Crippen LogP contribution < -0.4 is 14.8 Å². The zero-order valence-electron chi connectivity index (χ0n) is 18.7. The second kappa shape index (κ2) is 13.2. The number of ether oxygens (including phenoxy) is 2. The monoisotopic (exact) mass is 480 g/mol. The van der Waals surface area contributed by atoms with Crippen LogP contribution in [0.2, 0.25) is 10.0 Å². The molecule has 2 amide bonds. The predicted molar refractivity (Wildman–Crippen MR) is 127 cm³/mol. The van der Waals surface area contributed by atoms with Gasteiger partial charge in [0.05, 0.1) is 7.11 Å². The molecule has 0 fully saturated rings. The van der Waals surface area contributed by atoms with Gasteiger partial charge in [-0.1, -0.05) is 49.5 Å². The molecular weight excluding hydrogens is 451 g/mol. The SMILES string of the molecule is CCCCNC(=O)[C@@H](CC)N(Cc1ccc(Cl)cc1Cl)C(=O)COc1ccc(OC)cc1. The second-order valence-electron chi connectivity index (χ2n) is 7.29. The van der Waals surface area contributed by atoms with Crippen LogP contribution in [-0.4, -0.2) is 43.0 Å². The van der Waals surface area contributed by atoms with E-state index in [4.69, 9.17) is 32.7 Å². The number of carbonyl (C=O) groups is 2. The van der Waals surface area contributed by atoms with Crippen molar-refractivity contribution >= 4 is 35.0 Å². The summed E-state index contributed by atoms with van der Waals surface area (Å²) in [6, 6.07) is 11.4. The second-order valence-corrected chi connectivity index (χ2v) is 8.13. The van der Waals surface area contributed by atoms with E-state index in [2.05, 4.69) is 12.2 Å². The number of nitrogens with one attached hydrogen (secondary N) is 1. The Labute approximate surface area is 199 Å². The fourth-order valence-electron chi connectivity index (χ4n) is 3.16. The van der Waals surface area contributed by atoms with Crippen molar-refractivity contribution in [3.05, 3.63) is 58.1 Å². The third-order valence-corrected chi connectivity index (χ3v) is 5.58. The molecular formula is C24H30Cl2N2O4. The third kappa shape index (κ3) is 7.61. The molecule has 0 saturated heterocycles. The van der Waals surface area contributed by atoms with Crippen molar-refractivity contribution in [2.45, 2.75) is 45.7 Å². The van der Waals surface area contributed by atoms with Crippen molar-refractivity contribution in [3.8, 4) is 11.5 Å². The maximum Gasteiger partial charge on any atom is 0.261 e. The number of carbonyl (C=O) groups excluding carboxylic acids is 2. The Morgan fingerprint density at radius 2 is 1.75 bits per heavy atom. The molecule has 0 radical (unpaired) electrons. The molecule has 0 unspecified atom stereocenters. The molecule has 32 heavy (non-hydrogen) atoms. The molecule has 2 aromatic rings. The van der Waals surface area contributed by atoms with Crippen LogP contribution in [0.5, 0.6) is 11.5 Å². The van der Waals surface area contributed by atoms with Crippen molar-refractivity contribution in [1.82, 2.24) is 10.2 Å². The van der Waals surface area contributed by atoms with E-state index in [0.29, 0.717) is 40.1 Å². The van der Waals surface area contributed by atoms with Crippen LogP contribution in [0.15, 0.2) is 42.5 Å². The average Bonchev–Trinajstić information content (AvgIpc) is 2.79. The van der Waals surface area contributed by atoms with Gasteiger partial charge in [0.1, 0.15) is 17.5 Å². The van der Waals surface area contributed by atoms with Crippen LogP contribution in [0.1, 0.15) is 38.7 Å². The first kappa shape index (κ1) is 25.8. The molecule has 0 saturated carbocycles. The highest BCUT2D eigenvalue weighted by Gasteiger charge is 2.29. The maximum absolute atomic E-state index is 13.2. The van der Waals surface area contributed by atoms with E-state index < -0.39 is 6.04 Å². The van der Waals surface area contributed by atoms with Gasteiger partial charge in [-0.05, 0) is 54.8 Å². The first-order valence-electron chi connectivity index (χ1n) is 10.7. The molecule has 8 heteroatoms. The van der Waals surface area contributed by atoms with Gasteiger partial charge >= 0.3 is 0 Å². The molecule has 0 aliphatic carbocycles. The fourth-order valence-corrected chi connectivity index (χ4v) is 3.63. The molecule has 0 aliphatic rings. The van der Waals surface area contributed by atoms with E-state index in [1.807, 2.05) is 6.92 Å². The molecule has 0 aromatic heterocycles. The Bertz CT molecular complexity index is 890. The zero-order valence-corrected chi connectivity index (χ0v) is 20.2. The lowest BCUT2D eigenvalue weighted by atomic mass is 10.1. The van der Waals surface area contributed by atoms with Crippen LogP contribution in [0, 0.1) is 0 Å². The minimum atomic E-state index is -0.648. The fraction of sp³-hybridized carbons (Fsp3) is 0.417. The summed E-state index contributed by atoms with van der Waals surface area (Å²) >= 11 is 12.4. The summed E-state index contributed by atoms with van der Waals surface area (Å²) in [4.78, 5) is 27.6. The molecule has 0 heterocycles. The Hall–Kier alpha value is -2.44. The molecule has 1 atom stereocenters. The number of hydrogen-bond donors (Lipinski definition) is 1. The molecule has 6 nitrogen and oxygen atoms in total. The average molecular weight is 481 g/mol. The van der Waals surface area contributed by atoms with Gasteiger partial charge in [0, 0.05) is 23.1 Å². The van der Waals surface area contributed by atoms with Crippen molar-refractivity contribution in [2.75, 3.05) is 20.3 Å². The Kier molecular flexibility index (Phi) is 10.6. The van der Waals surface area contributed by atoms with E-state index in [9.17, 15) is 9.59 Å². The quantitative estimate of drug-likeness (QED) is 0.428. The Morgan fingerprint density at radius 3 is 2.34 bits per heavy atom. The minimum Gasteiger partial charge on any atom is -0.497 e. The van der Waals surface area contributed by atoms with Crippen LogP contribution in [0.3, 0.4) is 0 Å². The molecule has 0 aliphatic heterocycles. The lowest BCUT2D eigenvalue weighted by Crippen LogP contribution is -2.50. The largest absolute Gasteiger partial charge is 0.497 e. The molecule has 2 aromatic carbocycles. The number of nitrogens with zero attached hydrogens (tertiary/aromatic N) is 1. The number of unbranched alkanes of at least 4 members (excludes halogenated alkanes) is 1. The topological polar surface area (TPSA) is 67.9 Å². The first-order valence-corrected chi connectivity index (χ1v) is 11.4. The number of methoxy groups -OCH3 is 1. The number of rotatable bonds is 12. The summed E-state index contributed by atoms with van der Waals surface area (Å²) in [5.41, 5.74) is 0.702. The highest BCUT2D eigenvalue weighted by molar-refractivity contribution is 6.35. The smallest absolute Gasteiger partial charge is 0.261 e. The summed E-state index contributed by atoms with van der Waals surface area (Å²) in [6.45, 7) is 4.45. The highest BCUT2D eigenvalue weighted by Crippen LogP contribution is 2.24. The molecule has 2 rings (SSSR count). The first-order chi connectivity index (χ1) is 15.4. The number of amides is 2. The van der Waals surface area contributed by atoms with Crippen LogP contribution >= 0.6 is 23.2 Å². The highest BCUT2D eigenvalue weighted by atomic mass is 35.5. The third-order valence-electron chi connectivity index (χ3n) is 4.99. The molecule has 0 bridgehead atoms. The van der Waals surface area contributed by atoms with Crippen molar-refractivity contribution in [3.63, 3.8) is 0 Å². The lowest BCUT2D eigenvalue weighted by molar-refractivity contribution is -0.143. The molecule has 1 N–H and O–H groups in total. The number of halogens is 2. The summed E-state index contributed by atoms with van der Waals surface area (Å²) in [6.07, 6.45) is 2.30. The van der Waals surface area contributed by atoms with Gasteiger partial charge in [0.2, 0.25) is 5.91 Å². The number of benzene rings is 2. The summed E-state index contributed by atoms with van der Waals surface area (Å²) < 4.78 is 10.8. The molecule has 174 valence electrons. The van der Waals surface area contributed by atoms with Gasteiger partial charge in [-0.25, -0.2) is 0 Å². The van der Waals surface area contributed by atoms with Gasteiger partial charge in [-0.15, -0.1) is 0 Å². The van der Waals surface area contributed by atoms with Crippen molar-refractivity contribution in [1.29, 1.82) is 0 Å². The van der Waals surface area contributed by atoms with E-state index in [-0.39, 0.29) is 25.0 Å². The van der Waals surface area contributed by atoms with Gasteiger partial charge in [-0.2, -0.15) is 0 Å². The van der Waals surface area contributed by atoms with E-state index in [0.717, 1.165) is 12.8 Å². The normalized spacial score (nSPS) is 11.5. The Morgan fingerprint density at radius 1 is 1.06 bits per heavy atom. The Balaban J connectivity index is 2.19. The van der Waals surface area contributed by atoms with Crippen LogP contribution in [-0.2, 0) is 16.1 Å². The van der Waals surface area contributed by atoms with Crippen molar-refractivity contribution < 1.29 is 19.1 Å². The number of hydrogen-bond acceptors (Lipinski definition) is 4. The standard InChI is InChI=1S/C24H30Cl2N2O4/c1-4-6-13-27-24(30)22(5-2)28(15-17-7-8-18(25)14-21(17)26)23(29)16-32-20-11-9-19(31-3)10-12-20/h7-12,14,22H,4-6,13,15-16H2,1-3H3,(H,27,30)/t22-/m1/s1. The van der Waals surface area contributed by atoms with Gasteiger partial charge in [-0.3, -0.25) is 9.59 Å². The van der Waals surface area contributed by atoms with Crippen LogP contribution in [0.25, 0.3) is 0 Å². The summed E-state index contributed by atoms with van der Waals surface area (Å²) in [5.74, 6) is 0.717. The van der Waals surface area contributed by atoms with Crippen molar-refractivity contribution in [2.24, 2.45) is 0 Å². The lowest BCUT2D eigenvalue weighted by Gasteiger charge is -2.31. The van der Waals surface area contributed by atoms with E-state index in [1.54, 1.807) is 49.6 Å². The summed E-state index contributed by atoms with van der Waals surface area (Å²) in [7, 11) is 1.58. The predicted octanol–water partition coefficient (Wildman–Crippen LogP) is 5.10. The molecule has 0 spiro atoms.